The van der Waals surface area contributed by atoms with Crippen molar-refractivity contribution >= 4 is 5.57 Å². The second kappa shape index (κ2) is 12.6. The number of aromatic nitrogens is 3. The summed E-state index contributed by atoms with van der Waals surface area (Å²) in [6.45, 7) is 10.6. The lowest BCUT2D eigenvalue weighted by Gasteiger charge is -2.27. The highest BCUT2D eigenvalue weighted by molar-refractivity contribution is 5.83. The van der Waals surface area contributed by atoms with Gasteiger partial charge >= 0.3 is 0 Å². The number of fused-ring (bicyclic) bond motifs is 1. The third-order valence-electron chi connectivity index (χ3n) is 6.66. The second-order valence-corrected chi connectivity index (χ2v) is 9.49. The van der Waals surface area contributed by atoms with E-state index in [0.29, 0.717) is 6.04 Å². The topological polar surface area (TPSA) is 34.0 Å². The average Bonchev–Trinajstić information content (AvgIpc) is 3.46. The predicted molar refractivity (Wildman–Crippen MR) is 147 cm³/mol. The highest BCUT2D eigenvalue weighted by Gasteiger charge is 2.31. The van der Waals surface area contributed by atoms with E-state index in [0.717, 1.165) is 60.8 Å². The van der Waals surface area contributed by atoms with Crippen LogP contribution in [0.1, 0.15) is 56.2 Å². The van der Waals surface area contributed by atoms with Crippen molar-refractivity contribution in [3.63, 3.8) is 0 Å². The van der Waals surface area contributed by atoms with Gasteiger partial charge in [0.1, 0.15) is 12.0 Å². The van der Waals surface area contributed by atoms with Crippen LogP contribution in [0.3, 0.4) is 0 Å². The molecule has 1 aliphatic rings. The second-order valence-electron chi connectivity index (χ2n) is 9.49. The van der Waals surface area contributed by atoms with Crippen molar-refractivity contribution < 1.29 is 4.39 Å². The van der Waals surface area contributed by atoms with Crippen molar-refractivity contribution in [1.29, 1.82) is 0 Å². The first kappa shape index (κ1) is 25.8. The minimum absolute atomic E-state index is 0.319. The van der Waals surface area contributed by atoms with Gasteiger partial charge in [-0.1, -0.05) is 74.6 Å². The van der Waals surface area contributed by atoms with Gasteiger partial charge in [0.2, 0.25) is 0 Å². The zero-order chi connectivity index (χ0) is 25.3. The van der Waals surface area contributed by atoms with Crippen LogP contribution >= 0.6 is 0 Å². The fourth-order valence-corrected chi connectivity index (χ4v) is 4.97. The Balaban J connectivity index is 1.73. The molecule has 0 saturated carbocycles. The molecule has 0 radical (unpaired) electrons. The lowest BCUT2D eigenvalue weighted by molar-refractivity contribution is 0.223. The van der Waals surface area contributed by atoms with E-state index < -0.39 is 6.17 Å². The smallest absolute Gasteiger partial charge is 0.116 e. The summed E-state index contributed by atoms with van der Waals surface area (Å²) < 4.78 is 16.1. The first-order valence-corrected chi connectivity index (χ1v) is 13.0. The Morgan fingerprint density at radius 2 is 2.00 bits per heavy atom. The van der Waals surface area contributed by atoms with E-state index in [4.69, 9.17) is 4.98 Å². The van der Waals surface area contributed by atoms with E-state index in [9.17, 15) is 4.39 Å². The highest BCUT2D eigenvalue weighted by atomic mass is 19.1. The van der Waals surface area contributed by atoms with Crippen molar-refractivity contribution in [2.24, 2.45) is 0 Å². The Bertz CT molecular complexity index is 1180. The molecule has 0 spiro atoms. The summed E-state index contributed by atoms with van der Waals surface area (Å²) in [5.74, 6) is 1.09. The van der Waals surface area contributed by atoms with Gasteiger partial charge in [-0.25, -0.2) is 9.37 Å². The molecule has 0 saturated heterocycles. The van der Waals surface area contributed by atoms with Gasteiger partial charge < -0.3 is 4.57 Å². The Morgan fingerprint density at radius 1 is 1.22 bits per heavy atom. The first-order valence-electron chi connectivity index (χ1n) is 13.0. The summed E-state index contributed by atoms with van der Waals surface area (Å²) in [5.41, 5.74) is 5.24. The van der Waals surface area contributed by atoms with Gasteiger partial charge in [0.15, 0.2) is 0 Å². The number of pyridine rings is 1. The molecule has 4 rings (SSSR count). The molecule has 0 aliphatic carbocycles. The summed E-state index contributed by atoms with van der Waals surface area (Å²) in [6.07, 6.45) is 14.0. The third kappa shape index (κ3) is 6.27. The number of aryl methyl sites for hydroxylation is 1. The van der Waals surface area contributed by atoms with Crippen molar-refractivity contribution in [3.8, 4) is 11.3 Å². The Labute approximate surface area is 214 Å². The van der Waals surface area contributed by atoms with Gasteiger partial charge in [0.25, 0.3) is 0 Å². The van der Waals surface area contributed by atoms with Gasteiger partial charge in [0, 0.05) is 49.1 Å². The van der Waals surface area contributed by atoms with E-state index >= 15 is 0 Å². The van der Waals surface area contributed by atoms with E-state index in [1.165, 1.54) is 25.3 Å². The third-order valence-corrected chi connectivity index (χ3v) is 6.66. The lowest BCUT2D eigenvalue weighted by Crippen LogP contribution is -2.30. The molecule has 2 atom stereocenters. The van der Waals surface area contributed by atoms with Gasteiger partial charge in [0.05, 0.1) is 11.4 Å². The average molecular weight is 485 g/mol. The minimum atomic E-state index is -1.03. The number of allylic oxidation sites excluding steroid dienone is 5. The maximum atomic E-state index is 13.7. The van der Waals surface area contributed by atoms with Gasteiger partial charge in [-0.15, -0.1) is 0 Å². The fourth-order valence-electron chi connectivity index (χ4n) is 4.97. The fraction of sp³-hybridized carbons (Fsp3) is 0.355. The molecule has 0 N–H and O–H groups in total. The van der Waals surface area contributed by atoms with Crippen LogP contribution in [0.2, 0.25) is 0 Å². The maximum Gasteiger partial charge on any atom is 0.116 e. The molecule has 1 aliphatic heterocycles. The molecule has 0 fully saturated rings. The van der Waals surface area contributed by atoms with Crippen LogP contribution in [0.5, 0.6) is 0 Å². The molecule has 36 heavy (non-hydrogen) atoms. The van der Waals surface area contributed by atoms with Crippen LogP contribution in [0.15, 0.2) is 85.7 Å². The van der Waals surface area contributed by atoms with Crippen LogP contribution < -0.4 is 0 Å². The van der Waals surface area contributed by atoms with Crippen LogP contribution in [-0.2, 0) is 13.0 Å². The first-order chi connectivity index (χ1) is 17.6. The van der Waals surface area contributed by atoms with Gasteiger partial charge in [-0.05, 0) is 44.0 Å². The van der Waals surface area contributed by atoms with Crippen molar-refractivity contribution in [3.05, 3.63) is 103 Å². The number of unbranched alkanes of at least 4 members (excludes halogenated alkanes) is 1. The summed E-state index contributed by atoms with van der Waals surface area (Å²) in [5, 5.41) is 0. The van der Waals surface area contributed by atoms with Crippen LogP contribution in [0.25, 0.3) is 16.8 Å². The molecule has 0 bridgehead atoms. The van der Waals surface area contributed by atoms with E-state index in [1.54, 1.807) is 12.2 Å². The van der Waals surface area contributed by atoms with E-state index in [1.807, 2.05) is 36.7 Å². The predicted octanol–water partition coefficient (Wildman–Crippen LogP) is 7.22. The number of benzene rings is 1. The van der Waals surface area contributed by atoms with Gasteiger partial charge in [-0.2, -0.15) is 0 Å². The number of rotatable bonds is 12. The maximum absolute atomic E-state index is 13.7. The largest absolute Gasteiger partial charge is 0.323 e. The standard InChI is InChI=1S/C31H37FN4/c1-4-6-21-35(22-25-11-8-7-9-12-25)23-28-15-16-29-34-30(26(10-5-2)14-13-24(3)32)31(36(28)29)27-17-19-33-20-18-27/h5,7-14,17-20,24,28H,2,4,6,15-16,21-23H2,1,3H3/b14-13-,26-10+. The molecule has 2 aromatic heterocycles. The molecule has 3 heterocycles. The number of imidazole rings is 1. The number of halogens is 1. The van der Waals surface area contributed by atoms with E-state index in [-0.39, 0.29) is 0 Å². The SMILES string of the molecule is C=C/C=C(\C=C/C(C)F)c1nc2n(c1-c1ccncc1)C(CN(CCCC)Cc1ccccc1)CC2. The van der Waals surface area contributed by atoms with Crippen LogP contribution in [0, 0.1) is 0 Å². The van der Waals surface area contributed by atoms with E-state index in [2.05, 4.69) is 58.3 Å². The minimum Gasteiger partial charge on any atom is -0.323 e. The van der Waals surface area contributed by atoms with Crippen LogP contribution in [0.4, 0.5) is 4.39 Å². The van der Waals surface area contributed by atoms with Crippen LogP contribution in [-0.4, -0.2) is 38.7 Å². The molecule has 5 heteroatoms. The summed E-state index contributed by atoms with van der Waals surface area (Å²) in [6, 6.07) is 15.1. The summed E-state index contributed by atoms with van der Waals surface area (Å²) >= 11 is 0. The van der Waals surface area contributed by atoms with Crippen molar-refractivity contribution in [2.45, 2.75) is 58.3 Å². The number of nitrogens with zero attached hydrogens (tertiary/aromatic N) is 4. The molecular formula is C31H37FN4. The molecular weight excluding hydrogens is 447 g/mol. The molecule has 188 valence electrons. The van der Waals surface area contributed by atoms with Crippen molar-refractivity contribution in [2.75, 3.05) is 13.1 Å². The summed E-state index contributed by atoms with van der Waals surface area (Å²) in [4.78, 5) is 11.9. The lowest BCUT2D eigenvalue weighted by atomic mass is 10.0. The Kier molecular flexibility index (Phi) is 9.01. The summed E-state index contributed by atoms with van der Waals surface area (Å²) in [7, 11) is 0. The Hall–Kier alpha value is -3.31. The highest BCUT2D eigenvalue weighted by Crippen LogP contribution is 2.38. The number of alkyl halides is 1. The van der Waals surface area contributed by atoms with Crippen molar-refractivity contribution in [1.82, 2.24) is 19.4 Å². The molecule has 3 aromatic rings. The molecule has 0 amide bonds. The zero-order valence-electron chi connectivity index (χ0n) is 21.5. The number of hydrogen-bond acceptors (Lipinski definition) is 3. The quantitative estimate of drug-likeness (QED) is 0.255. The van der Waals surface area contributed by atoms with Gasteiger partial charge in [-0.3, -0.25) is 9.88 Å². The molecule has 4 nitrogen and oxygen atoms in total. The molecule has 2 unspecified atom stereocenters. The monoisotopic (exact) mass is 484 g/mol. The Morgan fingerprint density at radius 3 is 2.69 bits per heavy atom. The normalized spacial score (nSPS) is 16.6. The zero-order valence-corrected chi connectivity index (χ0v) is 21.5. The number of hydrogen-bond donors (Lipinski definition) is 0. The molecule has 1 aromatic carbocycles.